The van der Waals surface area contributed by atoms with Gasteiger partial charge in [0, 0.05) is 49.0 Å². The molecule has 0 saturated carbocycles. The van der Waals surface area contributed by atoms with E-state index >= 15 is 0 Å². The minimum atomic E-state index is -0.115. The molecule has 0 radical (unpaired) electrons. The monoisotopic (exact) mass is 574 g/mol. The topological polar surface area (TPSA) is 24.9 Å². The van der Waals surface area contributed by atoms with Gasteiger partial charge in [0.1, 0.15) is 17.2 Å². The van der Waals surface area contributed by atoms with Crippen molar-refractivity contribution in [3.8, 4) is 17.2 Å². The van der Waals surface area contributed by atoms with Gasteiger partial charge in [0.15, 0.2) is 0 Å². The summed E-state index contributed by atoms with van der Waals surface area (Å²) in [5.41, 5.74) is 5.04. The molecule has 0 aromatic heterocycles. The lowest BCUT2D eigenvalue weighted by Gasteiger charge is -2.38. The van der Waals surface area contributed by atoms with Gasteiger partial charge in [-0.3, -0.25) is 0 Å². The third-order valence-corrected chi connectivity index (χ3v) is 9.82. The molecular weight excluding hydrogens is 528 g/mol. The highest BCUT2D eigenvalue weighted by molar-refractivity contribution is 5.52. The largest absolute Gasteiger partial charge is 0.497 e. The highest BCUT2D eigenvalue weighted by Gasteiger charge is 2.26. The van der Waals surface area contributed by atoms with Crippen molar-refractivity contribution in [2.24, 2.45) is 11.8 Å². The Hall–Kier alpha value is -3.92. The first-order chi connectivity index (χ1) is 21.0. The Morgan fingerprint density at radius 2 is 1.09 bits per heavy atom. The maximum atomic E-state index is 6.33. The lowest BCUT2D eigenvalue weighted by Crippen LogP contribution is -2.37. The van der Waals surface area contributed by atoms with Gasteiger partial charge in [0.25, 0.3) is 0 Å². The van der Waals surface area contributed by atoms with Gasteiger partial charge in [-0.25, -0.2) is 0 Å². The third-order valence-electron chi connectivity index (χ3n) is 9.82. The van der Waals surface area contributed by atoms with Crippen LogP contribution in [0.5, 0.6) is 17.2 Å². The molecule has 0 amide bonds. The van der Waals surface area contributed by atoms with Crippen molar-refractivity contribution >= 4 is 11.4 Å². The number of piperidine rings is 2. The first-order valence-electron chi connectivity index (χ1n) is 16.1. The van der Waals surface area contributed by atoms with Gasteiger partial charge < -0.3 is 19.3 Å². The van der Waals surface area contributed by atoms with E-state index in [2.05, 4.69) is 115 Å². The number of nitrogens with zero attached hydrogens (tertiary/aromatic N) is 2. The Kier molecular flexibility index (Phi) is 8.92. The summed E-state index contributed by atoms with van der Waals surface area (Å²) in [6.45, 7) is 9.17. The molecule has 0 spiro atoms. The lowest BCUT2D eigenvalue weighted by atomic mass is 9.78. The average Bonchev–Trinajstić information content (AvgIpc) is 3.06. The van der Waals surface area contributed by atoms with Crippen molar-refractivity contribution in [3.05, 3.63) is 114 Å². The summed E-state index contributed by atoms with van der Waals surface area (Å²) in [5, 5.41) is 0. The second-order valence-electron chi connectivity index (χ2n) is 12.9. The highest BCUT2D eigenvalue weighted by Crippen LogP contribution is 2.36. The highest BCUT2D eigenvalue weighted by atomic mass is 16.5. The van der Waals surface area contributed by atoms with Crippen molar-refractivity contribution in [2.75, 3.05) is 43.1 Å². The van der Waals surface area contributed by atoms with Gasteiger partial charge in [-0.15, -0.1) is 0 Å². The predicted octanol–water partition coefficient (Wildman–Crippen LogP) is 9.34. The van der Waals surface area contributed by atoms with E-state index in [0.29, 0.717) is 0 Å². The van der Waals surface area contributed by atoms with Crippen molar-refractivity contribution in [1.29, 1.82) is 0 Å². The molecular formula is C39H46N2O2. The first-order valence-corrected chi connectivity index (χ1v) is 16.1. The molecule has 2 heterocycles. The molecule has 0 bridgehead atoms. The zero-order valence-electron chi connectivity index (χ0n) is 26.0. The molecule has 2 fully saturated rings. The average molecular weight is 575 g/mol. The Morgan fingerprint density at radius 1 is 0.581 bits per heavy atom. The molecule has 4 nitrogen and oxygen atoms in total. The van der Waals surface area contributed by atoms with Gasteiger partial charge in [-0.2, -0.15) is 0 Å². The predicted molar refractivity (Wildman–Crippen MR) is 179 cm³/mol. The van der Waals surface area contributed by atoms with Gasteiger partial charge in [-0.1, -0.05) is 62.4 Å². The maximum absolute atomic E-state index is 6.33. The van der Waals surface area contributed by atoms with Crippen LogP contribution in [0.1, 0.15) is 57.1 Å². The minimum absolute atomic E-state index is 0.115. The minimum Gasteiger partial charge on any atom is -0.497 e. The molecule has 0 unspecified atom stereocenters. The Balaban J connectivity index is 0.996. The van der Waals surface area contributed by atoms with Crippen LogP contribution in [0.4, 0.5) is 11.4 Å². The van der Waals surface area contributed by atoms with E-state index in [1.807, 2.05) is 12.1 Å². The molecule has 2 aliphatic heterocycles. The number of anilines is 2. The normalized spacial score (nSPS) is 16.7. The summed E-state index contributed by atoms with van der Waals surface area (Å²) in [4.78, 5) is 5.10. The number of methoxy groups -OCH3 is 1. The van der Waals surface area contributed by atoms with E-state index in [1.165, 1.54) is 67.7 Å². The number of para-hydroxylation sites is 1. The third kappa shape index (κ3) is 7.01. The van der Waals surface area contributed by atoms with Crippen molar-refractivity contribution < 1.29 is 9.47 Å². The van der Waals surface area contributed by atoms with Crippen LogP contribution in [0.3, 0.4) is 0 Å². The van der Waals surface area contributed by atoms with Gasteiger partial charge in [0.05, 0.1) is 7.11 Å². The van der Waals surface area contributed by atoms with Crippen molar-refractivity contribution in [2.45, 2.75) is 51.4 Å². The molecule has 4 aromatic rings. The van der Waals surface area contributed by atoms with E-state index in [1.54, 1.807) is 7.11 Å². The fourth-order valence-electron chi connectivity index (χ4n) is 6.96. The van der Waals surface area contributed by atoms with Gasteiger partial charge >= 0.3 is 0 Å². The maximum Gasteiger partial charge on any atom is 0.129 e. The molecule has 43 heavy (non-hydrogen) atoms. The molecule has 4 heteroatoms. The van der Waals surface area contributed by atoms with Crippen LogP contribution in [-0.4, -0.2) is 33.3 Å². The fraction of sp³-hybridized carbons (Fsp3) is 0.385. The van der Waals surface area contributed by atoms with E-state index in [9.17, 15) is 0 Å². The van der Waals surface area contributed by atoms with E-state index in [-0.39, 0.29) is 5.41 Å². The summed E-state index contributed by atoms with van der Waals surface area (Å²) in [6, 6.07) is 36.4. The van der Waals surface area contributed by atoms with Crippen LogP contribution >= 0.6 is 0 Å². The number of ether oxygens (including phenoxy) is 2. The molecule has 0 N–H and O–H groups in total. The van der Waals surface area contributed by atoms with Crippen LogP contribution in [0.2, 0.25) is 0 Å². The van der Waals surface area contributed by atoms with Crippen molar-refractivity contribution in [3.63, 3.8) is 0 Å². The van der Waals surface area contributed by atoms with Gasteiger partial charge in [0.2, 0.25) is 0 Å². The zero-order valence-corrected chi connectivity index (χ0v) is 26.0. The first kappa shape index (κ1) is 29.2. The smallest absolute Gasteiger partial charge is 0.129 e. The van der Waals surface area contributed by atoms with Crippen LogP contribution in [-0.2, 0) is 5.41 Å². The van der Waals surface area contributed by atoms with Crippen LogP contribution in [0.15, 0.2) is 103 Å². The molecule has 2 saturated heterocycles. The zero-order chi connectivity index (χ0) is 29.6. The van der Waals surface area contributed by atoms with E-state index in [0.717, 1.165) is 42.2 Å². The molecule has 224 valence electrons. The summed E-state index contributed by atoms with van der Waals surface area (Å²) in [5.74, 6) is 4.37. The molecule has 6 rings (SSSR count). The summed E-state index contributed by atoms with van der Waals surface area (Å²) in [7, 11) is 1.70. The van der Waals surface area contributed by atoms with Crippen LogP contribution in [0, 0.1) is 11.8 Å². The second kappa shape index (κ2) is 13.2. The Bertz CT molecular complexity index is 1430. The molecule has 2 aliphatic rings. The molecule has 0 atom stereocenters. The number of rotatable bonds is 9. The molecule has 4 aromatic carbocycles. The van der Waals surface area contributed by atoms with Crippen molar-refractivity contribution in [1.82, 2.24) is 0 Å². The lowest BCUT2D eigenvalue weighted by molar-refractivity contribution is 0.279. The quantitative estimate of drug-likeness (QED) is 0.199. The number of hydrogen-bond donors (Lipinski definition) is 0. The molecule has 0 aliphatic carbocycles. The van der Waals surface area contributed by atoms with Gasteiger partial charge in [-0.05, 0) is 104 Å². The van der Waals surface area contributed by atoms with E-state index in [4.69, 9.17) is 9.47 Å². The summed E-state index contributed by atoms with van der Waals surface area (Å²) in [6.07, 6.45) is 6.62. The SMILES string of the molecule is COc1ccc(C(C)(C)c2ccc(Oc3cccc(N4CCC(CC5CCN(c6ccccc6)CC5)CC4)c3)cc2)cc1. The standard InChI is InChI=1S/C39H46N2O2/c1-39(2,32-12-16-36(42-3)17-13-32)33-14-18-37(19-15-33)43-38-11-7-10-35(29-38)41-26-22-31(23-27-41)28-30-20-24-40(25-21-30)34-8-5-4-6-9-34/h4-19,29-31H,20-28H2,1-3H3. The van der Waals surface area contributed by atoms with Crippen LogP contribution < -0.4 is 19.3 Å². The van der Waals surface area contributed by atoms with Crippen LogP contribution in [0.25, 0.3) is 0 Å². The number of benzene rings is 4. The fourth-order valence-corrected chi connectivity index (χ4v) is 6.96. The second-order valence-corrected chi connectivity index (χ2v) is 12.9. The summed E-state index contributed by atoms with van der Waals surface area (Å²) < 4.78 is 11.7. The Morgan fingerprint density at radius 3 is 1.65 bits per heavy atom. The number of hydrogen-bond acceptors (Lipinski definition) is 4. The Labute approximate surface area is 258 Å². The van der Waals surface area contributed by atoms with E-state index < -0.39 is 0 Å². The summed E-state index contributed by atoms with van der Waals surface area (Å²) >= 11 is 0.